The van der Waals surface area contributed by atoms with Crippen LogP contribution in [0.3, 0.4) is 0 Å². The summed E-state index contributed by atoms with van der Waals surface area (Å²) in [7, 11) is -2.54. The molecule has 0 aliphatic rings. The minimum atomic E-state index is -3.90. The van der Waals surface area contributed by atoms with Gasteiger partial charge in [0.1, 0.15) is 0 Å². The molecule has 0 saturated carbocycles. The Labute approximate surface area is 149 Å². The van der Waals surface area contributed by atoms with Crippen LogP contribution in [0.15, 0.2) is 64.4 Å². The Morgan fingerprint density at radius 3 is 2.50 bits per heavy atom. The van der Waals surface area contributed by atoms with Gasteiger partial charge >= 0.3 is 0 Å². The van der Waals surface area contributed by atoms with Gasteiger partial charge < -0.3 is 14.5 Å². The quantitative estimate of drug-likeness (QED) is 0.677. The van der Waals surface area contributed by atoms with Crippen LogP contribution in [-0.4, -0.2) is 31.4 Å². The predicted octanol–water partition coefficient (Wildman–Crippen LogP) is 2.13. The number of amides is 1. The van der Waals surface area contributed by atoms with Crippen molar-refractivity contribution in [3.63, 3.8) is 0 Å². The molecule has 9 nitrogen and oxygen atoms in total. The van der Waals surface area contributed by atoms with Gasteiger partial charge in [-0.25, -0.2) is 18.4 Å². The maximum atomic E-state index is 12.5. The average molecular weight is 374 g/mol. The SMILES string of the molecule is COc1nccnc1NS(=O)(=O)c1ccc(NC(=O)c2ccco2)cc1. The first-order valence-electron chi connectivity index (χ1n) is 7.32. The summed E-state index contributed by atoms with van der Waals surface area (Å²) in [6.07, 6.45) is 4.11. The zero-order valence-electron chi connectivity index (χ0n) is 13.5. The predicted molar refractivity (Wildman–Crippen MR) is 92.5 cm³/mol. The van der Waals surface area contributed by atoms with Crippen molar-refractivity contribution in [1.29, 1.82) is 0 Å². The van der Waals surface area contributed by atoms with Crippen LogP contribution in [-0.2, 0) is 10.0 Å². The van der Waals surface area contributed by atoms with E-state index in [9.17, 15) is 13.2 Å². The third-order valence-electron chi connectivity index (χ3n) is 3.26. The van der Waals surface area contributed by atoms with E-state index in [0.29, 0.717) is 5.69 Å². The molecule has 0 fully saturated rings. The van der Waals surface area contributed by atoms with Crippen molar-refractivity contribution in [1.82, 2.24) is 9.97 Å². The number of hydrogen-bond donors (Lipinski definition) is 2. The van der Waals surface area contributed by atoms with Crippen molar-refractivity contribution in [3.05, 3.63) is 60.8 Å². The Balaban J connectivity index is 1.75. The summed E-state index contributed by atoms with van der Waals surface area (Å²) in [6.45, 7) is 0. The summed E-state index contributed by atoms with van der Waals surface area (Å²) < 4.78 is 37.2. The van der Waals surface area contributed by atoms with Gasteiger partial charge in [-0.2, -0.15) is 0 Å². The lowest BCUT2D eigenvalue weighted by molar-refractivity contribution is 0.0996. The summed E-state index contributed by atoms with van der Waals surface area (Å²) in [5, 5.41) is 2.60. The summed E-state index contributed by atoms with van der Waals surface area (Å²) in [5.41, 5.74) is 0.419. The van der Waals surface area contributed by atoms with Gasteiger partial charge in [0, 0.05) is 18.1 Å². The van der Waals surface area contributed by atoms with Crippen LogP contribution in [0.5, 0.6) is 5.88 Å². The van der Waals surface area contributed by atoms with Gasteiger partial charge in [0.2, 0.25) is 5.82 Å². The largest absolute Gasteiger partial charge is 0.478 e. The topological polar surface area (TPSA) is 123 Å². The molecule has 2 N–H and O–H groups in total. The Hall–Kier alpha value is -3.40. The molecule has 0 saturated heterocycles. The van der Waals surface area contributed by atoms with Crippen molar-refractivity contribution < 1.29 is 22.4 Å². The standard InChI is InChI=1S/C16H14N4O5S/c1-24-16-14(17-8-9-18-16)20-26(22,23)12-6-4-11(5-7-12)19-15(21)13-3-2-10-25-13/h2-10H,1H3,(H,17,20)(H,19,21). The molecule has 10 heteroatoms. The maximum Gasteiger partial charge on any atom is 0.291 e. The third kappa shape index (κ3) is 3.81. The van der Waals surface area contributed by atoms with Crippen molar-refractivity contribution in [2.24, 2.45) is 0 Å². The number of rotatable bonds is 6. The van der Waals surface area contributed by atoms with E-state index in [0.717, 1.165) is 0 Å². The number of ether oxygens (including phenoxy) is 1. The number of sulfonamides is 1. The molecule has 26 heavy (non-hydrogen) atoms. The monoisotopic (exact) mass is 374 g/mol. The second-order valence-corrected chi connectivity index (χ2v) is 6.66. The van der Waals surface area contributed by atoms with Crippen LogP contribution in [0.25, 0.3) is 0 Å². The van der Waals surface area contributed by atoms with Crippen LogP contribution in [0.1, 0.15) is 10.6 Å². The summed E-state index contributed by atoms with van der Waals surface area (Å²) in [6, 6.07) is 8.74. The van der Waals surface area contributed by atoms with E-state index >= 15 is 0 Å². The molecule has 1 aromatic carbocycles. The molecule has 0 bridgehead atoms. The van der Waals surface area contributed by atoms with E-state index < -0.39 is 15.9 Å². The highest BCUT2D eigenvalue weighted by Gasteiger charge is 2.18. The van der Waals surface area contributed by atoms with Crippen molar-refractivity contribution in [2.75, 3.05) is 17.1 Å². The van der Waals surface area contributed by atoms with E-state index in [1.807, 2.05) is 0 Å². The van der Waals surface area contributed by atoms with Crippen LogP contribution >= 0.6 is 0 Å². The zero-order valence-corrected chi connectivity index (χ0v) is 14.4. The van der Waals surface area contributed by atoms with E-state index in [1.54, 1.807) is 6.07 Å². The van der Waals surface area contributed by atoms with Crippen molar-refractivity contribution in [2.45, 2.75) is 4.90 Å². The Morgan fingerprint density at radius 1 is 1.12 bits per heavy atom. The number of aromatic nitrogens is 2. The molecule has 3 aromatic rings. The Kier molecular flexibility index (Phi) is 4.85. The minimum absolute atomic E-state index is 0.0128. The number of anilines is 2. The molecule has 0 radical (unpaired) electrons. The van der Waals surface area contributed by atoms with Crippen LogP contribution in [0, 0.1) is 0 Å². The molecule has 0 atom stereocenters. The highest BCUT2D eigenvalue weighted by atomic mass is 32.2. The molecular weight excluding hydrogens is 360 g/mol. The van der Waals surface area contributed by atoms with E-state index in [1.165, 1.54) is 56.1 Å². The minimum Gasteiger partial charge on any atom is -0.478 e. The first-order chi connectivity index (χ1) is 12.5. The highest BCUT2D eigenvalue weighted by molar-refractivity contribution is 7.92. The number of furan rings is 1. The lowest BCUT2D eigenvalue weighted by Crippen LogP contribution is -2.15. The third-order valence-corrected chi connectivity index (χ3v) is 4.61. The van der Waals surface area contributed by atoms with E-state index in [4.69, 9.17) is 9.15 Å². The second kappa shape index (κ2) is 7.23. The molecule has 2 heterocycles. The van der Waals surface area contributed by atoms with Crippen LogP contribution < -0.4 is 14.8 Å². The van der Waals surface area contributed by atoms with Gasteiger partial charge in [-0.05, 0) is 36.4 Å². The summed E-state index contributed by atoms with van der Waals surface area (Å²) in [5.74, 6) is -0.255. The molecule has 0 spiro atoms. The lowest BCUT2D eigenvalue weighted by Gasteiger charge is -2.10. The lowest BCUT2D eigenvalue weighted by atomic mass is 10.3. The molecular formula is C16H14N4O5S. The normalized spacial score (nSPS) is 11.0. The van der Waals surface area contributed by atoms with Gasteiger partial charge in [-0.15, -0.1) is 0 Å². The van der Waals surface area contributed by atoms with Gasteiger partial charge in [0.25, 0.3) is 21.8 Å². The number of nitrogens with zero attached hydrogens (tertiary/aromatic N) is 2. The molecule has 3 rings (SSSR count). The first-order valence-corrected chi connectivity index (χ1v) is 8.80. The number of carbonyl (C=O) groups is 1. The van der Waals surface area contributed by atoms with Gasteiger partial charge in [0.15, 0.2) is 5.76 Å². The summed E-state index contributed by atoms with van der Waals surface area (Å²) in [4.78, 5) is 19.7. The van der Waals surface area contributed by atoms with Gasteiger partial charge in [0.05, 0.1) is 18.3 Å². The van der Waals surface area contributed by atoms with E-state index in [2.05, 4.69) is 20.0 Å². The highest BCUT2D eigenvalue weighted by Crippen LogP contribution is 2.22. The number of methoxy groups -OCH3 is 1. The number of benzene rings is 1. The molecule has 2 aromatic heterocycles. The fourth-order valence-corrected chi connectivity index (χ4v) is 3.06. The molecule has 0 aliphatic carbocycles. The number of nitrogens with one attached hydrogen (secondary N) is 2. The smallest absolute Gasteiger partial charge is 0.291 e. The van der Waals surface area contributed by atoms with Crippen molar-refractivity contribution >= 4 is 27.4 Å². The zero-order chi connectivity index (χ0) is 18.6. The second-order valence-electron chi connectivity index (χ2n) is 4.98. The average Bonchev–Trinajstić information content (AvgIpc) is 3.17. The molecule has 134 valence electrons. The van der Waals surface area contributed by atoms with Gasteiger partial charge in [-0.1, -0.05) is 0 Å². The maximum absolute atomic E-state index is 12.5. The van der Waals surface area contributed by atoms with Crippen LogP contribution in [0.2, 0.25) is 0 Å². The number of carbonyl (C=O) groups excluding carboxylic acids is 1. The van der Waals surface area contributed by atoms with Gasteiger partial charge in [-0.3, -0.25) is 9.52 Å². The number of hydrogen-bond acceptors (Lipinski definition) is 7. The fraction of sp³-hybridized carbons (Fsp3) is 0.0625. The fourth-order valence-electron chi connectivity index (χ4n) is 2.05. The van der Waals surface area contributed by atoms with E-state index in [-0.39, 0.29) is 22.4 Å². The Bertz CT molecular complexity index is 1000. The molecule has 1 amide bonds. The summed E-state index contributed by atoms with van der Waals surface area (Å²) >= 11 is 0. The first kappa shape index (κ1) is 17.4. The van der Waals surface area contributed by atoms with Crippen molar-refractivity contribution in [3.8, 4) is 5.88 Å². The van der Waals surface area contributed by atoms with Crippen LogP contribution in [0.4, 0.5) is 11.5 Å². The molecule has 0 unspecified atom stereocenters. The Morgan fingerprint density at radius 2 is 1.85 bits per heavy atom. The molecule has 0 aliphatic heterocycles.